The molecule has 1 aliphatic heterocycles. The molecule has 0 bridgehead atoms. The first-order chi connectivity index (χ1) is 11.7. The Morgan fingerprint density at radius 3 is 2.83 bits per heavy atom. The quantitative estimate of drug-likeness (QED) is 0.617. The van der Waals surface area contributed by atoms with Gasteiger partial charge in [0.2, 0.25) is 0 Å². The molecule has 1 heterocycles. The lowest BCUT2D eigenvalue weighted by atomic mass is 9.68. The van der Waals surface area contributed by atoms with E-state index in [1.54, 1.807) is 7.11 Å². The molecule has 24 heavy (non-hydrogen) atoms. The third-order valence-corrected chi connectivity index (χ3v) is 5.68. The molecule has 0 radical (unpaired) electrons. The van der Waals surface area contributed by atoms with Gasteiger partial charge < -0.3 is 14.6 Å². The first-order valence-electron chi connectivity index (χ1n) is 9.33. The van der Waals surface area contributed by atoms with E-state index < -0.39 is 0 Å². The number of hydrogen-bond acceptors (Lipinski definition) is 3. The van der Waals surface area contributed by atoms with Gasteiger partial charge in [0, 0.05) is 18.1 Å². The van der Waals surface area contributed by atoms with Crippen LogP contribution < -0.4 is 9.47 Å². The molecule has 3 nitrogen and oxygen atoms in total. The lowest BCUT2D eigenvalue weighted by Gasteiger charge is -2.40. The molecule has 3 rings (SSSR count). The molecule has 3 atom stereocenters. The van der Waals surface area contributed by atoms with E-state index in [1.807, 2.05) is 0 Å². The van der Waals surface area contributed by atoms with Crippen LogP contribution in [0.3, 0.4) is 0 Å². The number of hydrogen-bond donors (Lipinski definition) is 1. The number of aliphatic hydroxyl groups is 1. The van der Waals surface area contributed by atoms with E-state index in [1.165, 1.54) is 30.4 Å². The van der Waals surface area contributed by atoms with Gasteiger partial charge >= 0.3 is 0 Å². The third-order valence-electron chi connectivity index (χ3n) is 5.68. The molecule has 0 aromatic heterocycles. The van der Waals surface area contributed by atoms with Gasteiger partial charge in [-0.25, -0.2) is 0 Å². The van der Waals surface area contributed by atoms with Crippen LogP contribution >= 0.6 is 0 Å². The molecule has 0 saturated carbocycles. The highest BCUT2D eigenvalue weighted by Crippen LogP contribution is 2.51. The molecule has 0 spiro atoms. The number of ether oxygens (including phenoxy) is 2. The second kappa shape index (κ2) is 7.60. The largest absolute Gasteiger partial charge is 0.496 e. The molecule has 132 valence electrons. The normalized spacial score (nSPS) is 25.3. The van der Waals surface area contributed by atoms with Crippen LogP contribution in [0, 0.1) is 11.8 Å². The molecule has 0 saturated heterocycles. The number of methoxy groups -OCH3 is 1. The number of aliphatic hydroxyl groups excluding tert-OH is 1. The summed E-state index contributed by atoms with van der Waals surface area (Å²) in [6.45, 7) is 5.31. The average Bonchev–Trinajstić information content (AvgIpc) is 2.60. The van der Waals surface area contributed by atoms with Crippen LogP contribution in [0.1, 0.15) is 56.6 Å². The minimum Gasteiger partial charge on any atom is -0.496 e. The zero-order valence-electron chi connectivity index (χ0n) is 15.2. The molecule has 0 fully saturated rings. The summed E-state index contributed by atoms with van der Waals surface area (Å²) < 4.78 is 11.8. The van der Waals surface area contributed by atoms with Crippen molar-refractivity contribution in [1.82, 2.24) is 0 Å². The molecule has 3 heteroatoms. The van der Waals surface area contributed by atoms with Crippen LogP contribution in [0.2, 0.25) is 0 Å². The summed E-state index contributed by atoms with van der Waals surface area (Å²) in [6.07, 6.45) is 8.06. The molecule has 1 N–H and O–H groups in total. The Labute approximate surface area is 145 Å². The number of unbranched alkanes of at least 4 members (excludes halogenated alkanes) is 2. The third kappa shape index (κ3) is 3.19. The monoisotopic (exact) mass is 330 g/mol. The Bertz CT molecular complexity index is 588. The molecule has 1 aromatic rings. The van der Waals surface area contributed by atoms with Gasteiger partial charge in [0.1, 0.15) is 18.1 Å². The van der Waals surface area contributed by atoms with Crippen molar-refractivity contribution in [3.05, 3.63) is 34.9 Å². The summed E-state index contributed by atoms with van der Waals surface area (Å²) in [5, 5.41) is 9.98. The van der Waals surface area contributed by atoms with E-state index in [-0.39, 0.29) is 18.4 Å². The van der Waals surface area contributed by atoms with Crippen LogP contribution in [-0.2, 0) is 6.42 Å². The van der Waals surface area contributed by atoms with Crippen molar-refractivity contribution in [2.75, 3.05) is 20.3 Å². The maximum absolute atomic E-state index is 9.98. The minimum absolute atomic E-state index is 0.212. The fourth-order valence-corrected chi connectivity index (χ4v) is 4.21. The second-order valence-electron chi connectivity index (χ2n) is 7.27. The van der Waals surface area contributed by atoms with Crippen LogP contribution in [-0.4, -0.2) is 25.4 Å². The average molecular weight is 330 g/mol. The fraction of sp³-hybridized carbons (Fsp3) is 0.619. The molecule has 1 unspecified atom stereocenters. The van der Waals surface area contributed by atoms with E-state index in [2.05, 4.69) is 32.1 Å². The van der Waals surface area contributed by atoms with E-state index in [4.69, 9.17) is 9.47 Å². The summed E-state index contributed by atoms with van der Waals surface area (Å²) in [5.41, 5.74) is 3.73. The summed E-state index contributed by atoms with van der Waals surface area (Å²) in [6, 6.07) is 4.37. The first kappa shape index (κ1) is 17.3. The van der Waals surface area contributed by atoms with E-state index in [0.29, 0.717) is 12.5 Å². The van der Waals surface area contributed by atoms with Gasteiger partial charge in [0.05, 0.1) is 7.11 Å². The van der Waals surface area contributed by atoms with Crippen molar-refractivity contribution in [1.29, 1.82) is 0 Å². The van der Waals surface area contributed by atoms with Crippen molar-refractivity contribution in [3.8, 4) is 11.5 Å². The van der Waals surface area contributed by atoms with Gasteiger partial charge in [-0.1, -0.05) is 32.8 Å². The number of benzene rings is 1. The Morgan fingerprint density at radius 1 is 1.29 bits per heavy atom. The standard InChI is InChI=1S/C21H30O3/c1-4-5-6-7-15-10-18(23-3)21-19(11-15)24-13-16-9-8-14(2)17(12-22)20(16)21/h9-11,14,17,20,22H,4-8,12-13H2,1-3H3/t14-,17+,20?/m0/s1. The number of fused-ring (bicyclic) bond motifs is 3. The summed E-state index contributed by atoms with van der Waals surface area (Å²) in [7, 11) is 1.74. The van der Waals surface area contributed by atoms with E-state index >= 15 is 0 Å². The SMILES string of the molecule is CCCCCc1cc(OC)c2c(c1)OCC1=CC[C@H](C)[C@@H](CO)C12. The van der Waals surface area contributed by atoms with Gasteiger partial charge in [0.15, 0.2) is 0 Å². The number of allylic oxidation sites excluding steroid dienone is 1. The Hall–Kier alpha value is -1.48. The lowest BCUT2D eigenvalue weighted by Crippen LogP contribution is -2.33. The van der Waals surface area contributed by atoms with Crippen LogP contribution in [0.5, 0.6) is 11.5 Å². The minimum atomic E-state index is 0.212. The lowest BCUT2D eigenvalue weighted by molar-refractivity contribution is 0.145. The van der Waals surface area contributed by atoms with E-state index in [0.717, 1.165) is 29.9 Å². The van der Waals surface area contributed by atoms with Gasteiger partial charge in [0.25, 0.3) is 0 Å². The molecule has 1 aromatic carbocycles. The van der Waals surface area contributed by atoms with E-state index in [9.17, 15) is 5.11 Å². The predicted molar refractivity (Wildman–Crippen MR) is 96.9 cm³/mol. The van der Waals surface area contributed by atoms with Gasteiger partial charge in [-0.2, -0.15) is 0 Å². The zero-order valence-corrected chi connectivity index (χ0v) is 15.2. The molecule has 0 amide bonds. The number of rotatable bonds is 6. The first-order valence-corrected chi connectivity index (χ1v) is 9.33. The zero-order chi connectivity index (χ0) is 17.1. The Kier molecular flexibility index (Phi) is 5.50. The molecule has 2 aliphatic rings. The Balaban J connectivity index is 1.99. The molecule has 1 aliphatic carbocycles. The summed E-state index contributed by atoms with van der Waals surface area (Å²) in [4.78, 5) is 0. The van der Waals surface area contributed by atoms with Crippen LogP contribution in [0.15, 0.2) is 23.8 Å². The van der Waals surface area contributed by atoms with Gasteiger partial charge in [-0.3, -0.25) is 0 Å². The summed E-state index contributed by atoms with van der Waals surface area (Å²) in [5.74, 6) is 2.82. The highest BCUT2D eigenvalue weighted by molar-refractivity contribution is 5.55. The van der Waals surface area contributed by atoms with Crippen molar-refractivity contribution < 1.29 is 14.6 Å². The van der Waals surface area contributed by atoms with Crippen molar-refractivity contribution >= 4 is 0 Å². The smallest absolute Gasteiger partial charge is 0.127 e. The van der Waals surface area contributed by atoms with Crippen molar-refractivity contribution in [3.63, 3.8) is 0 Å². The second-order valence-corrected chi connectivity index (χ2v) is 7.27. The highest BCUT2D eigenvalue weighted by Gasteiger charge is 2.39. The van der Waals surface area contributed by atoms with Crippen molar-refractivity contribution in [2.24, 2.45) is 11.8 Å². The molecular formula is C21H30O3. The van der Waals surface area contributed by atoms with Crippen molar-refractivity contribution in [2.45, 2.75) is 51.9 Å². The summed E-state index contributed by atoms with van der Waals surface area (Å²) >= 11 is 0. The topological polar surface area (TPSA) is 38.7 Å². The number of aryl methyl sites for hydroxylation is 1. The predicted octanol–water partition coefficient (Wildman–Crippen LogP) is 4.48. The maximum Gasteiger partial charge on any atom is 0.127 e. The fourth-order valence-electron chi connectivity index (χ4n) is 4.21. The van der Waals surface area contributed by atoms with Gasteiger partial charge in [-0.05, 0) is 54.4 Å². The van der Waals surface area contributed by atoms with Crippen LogP contribution in [0.4, 0.5) is 0 Å². The Morgan fingerprint density at radius 2 is 2.12 bits per heavy atom. The van der Waals surface area contributed by atoms with Crippen LogP contribution in [0.25, 0.3) is 0 Å². The van der Waals surface area contributed by atoms with Gasteiger partial charge in [-0.15, -0.1) is 0 Å². The maximum atomic E-state index is 9.98. The highest BCUT2D eigenvalue weighted by atomic mass is 16.5. The molecular weight excluding hydrogens is 300 g/mol.